The standard InChI is InChI=1S/C12H23N/c1-2-4-6-8-12-10-13-9-11(12)7-5-3-1/h11-13H,1-10H2. The summed E-state index contributed by atoms with van der Waals surface area (Å²) in [5.74, 6) is 2.05. The molecule has 0 aromatic heterocycles. The summed E-state index contributed by atoms with van der Waals surface area (Å²) in [6, 6.07) is 0. The highest BCUT2D eigenvalue weighted by Crippen LogP contribution is 2.28. The van der Waals surface area contributed by atoms with Crippen LogP contribution in [0.1, 0.15) is 51.4 Å². The van der Waals surface area contributed by atoms with Gasteiger partial charge in [-0.1, -0.05) is 38.5 Å². The van der Waals surface area contributed by atoms with E-state index in [1.54, 1.807) is 0 Å². The number of fused-ring (bicyclic) bond motifs is 1. The first-order valence-electron chi connectivity index (χ1n) is 6.17. The largest absolute Gasteiger partial charge is 0.316 e. The highest BCUT2D eigenvalue weighted by molar-refractivity contribution is 4.81. The van der Waals surface area contributed by atoms with Crippen LogP contribution in [0.5, 0.6) is 0 Å². The van der Waals surface area contributed by atoms with E-state index in [4.69, 9.17) is 0 Å². The predicted octanol–water partition coefficient (Wildman–Crippen LogP) is 2.96. The van der Waals surface area contributed by atoms with E-state index in [9.17, 15) is 0 Å². The smallest absolute Gasteiger partial charge is 0.00173 e. The molecule has 2 rings (SSSR count). The molecule has 0 amide bonds. The number of hydrogen-bond donors (Lipinski definition) is 1. The summed E-state index contributed by atoms with van der Waals surface area (Å²) >= 11 is 0. The fourth-order valence-corrected chi connectivity index (χ4v) is 2.98. The lowest BCUT2D eigenvalue weighted by Gasteiger charge is -2.19. The van der Waals surface area contributed by atoms with Crippen molar-refractivity contribution in [2.24, 2.45) is 11.8 Å². The summed E-state index contributed by atoms with van der Waals surface area (Å²) in [5.41, 5.74) is 0. The molecule has 1 aliphatic heterocycles. The van der Waals surface area contributed by atoms with Crippen molar-refractivity contribution >= 4 is 0 Å². The van der Waals surface area contributed by atoms with Crippen molar-refractivity contribution in [3.63, 3.8) is 0 Å². The molecule has 1 saturated carbocycles. The summed E-state index contributed by atoms with van der Waals surface area (Å²) in [5, 5.41) is 3.56. The van der Waals surface area contributed by atoms with Crippen LogP contribution in [0.2, 0.25) is 0 Å². The molecule has 1 N–H and O–H groups in total. The van der Waals surface area contributed by atoms with Crippen molar-refractivity contribution in [3.05, 3.63) is 0 Å². The van der Waals surface area contributed by atoms with Crippen molar-refractivity contribution in [1.29, 1.82) is 0 Å². The van der Waals surface area contributed by atoms with Crippen LogP contribution in [0.3, 0.4) is 0 Å². The van der Waals surface area contributed by atoms with Crippen LogP contribution < -0.4 is 5.32 Å². The third kappa shape index (κ3) is 2.70. The average molecular weight is 181 g/mol. The normalized spacial score (nSPS) is 36.9. The summed E-state index contributed by atoms with van der Waals surface area (Å²) in [6.45, 7) is 2.62. The van der Waals surface area contributed by atoms with Crippen molar-refractivity contribution in [3.8, 4) is 0 Å². The van der Waals surface area contributed by atoms with E-state index in [1.165, 1.54) is 64.5 Å². The Bertz CT molecular complexity index is 128. The fraction of sp³-hybridized carbons (Fsp3) is 1.00. The van der Waals surface area contributed by atoms with Crippen LogP contribution in [0, 0.1) is 11.8 Å². The highest BCUT2D eigenvalue weighted by atomic mass is 14.9. The van der Waals surface area contributed by atoms with Gasteiger partial charge >= 0.3 is 0 Å². The Labute approximate surface area is 82.3 Å². The number of rotatable bonds is 0. The Morgan fingerprint density at radius 3 is 1.62 bits per heavy atom. The van der Waals surface area contributed by atoms with E-state index in [0.717, 1.165) is 11.8 Å². The molecule has 2 atom stereocenters. The van der Waals surface area contributed by atoms with Gasteiger partial charge in [0.1, 0.15) is 0 Å². The van der Waals surface area contributed by atoms with Crippen molar-refractivity contribution in [2.45, 2.75) is 51.4 Å². The van der Waals surface area contributed by atoms with Gasteiger partial charge in [-0.15, -0.1) is 0 Å². The van der Waals surface area contributed by atoms with Crippen molar-refractivity contribution in [1.82, 2.24) is 5.32 Å². The molecule has 1 nitrogen and oxygen atoms in total. The van der Waals surface area contributed by atoms with Gasteiger partial charge in [0.2, 0.25) is 0 Å². The van der Waals surface area contributed by atoms with Crippen LogP contribution >= 0.6 is 0 Å². The summed E-state index contributed by atoms with van der Waals surface area (Å²) in [7, 11) is 0. The molecule has 1 aliphatic carbocycles. The Morgan fingerprint density at radius 2 is 1.08 bits per heavy atom. The Kier molecular flexibility index (Phi) is 3.65. The zero-order chi connectivity index (χ0) is 8.93. The molecular weight excluding hydrogens is 158 g/mol. The van der Waals surface area contributed by atoms with E-state index in [1.807, 2.05) is 0 Å². The first-order valence-corrected chi connectivity index (χ1v) is 6.17. The molecule has 0 spiro atoms. The highest BCUT2D eigenvalue weighted by Gasteiger charge is 2.25. The molecule has 0 radical (unpaired) electrons. The van der Waals surface area contributed by atoms with Crippen LogP contribution in [-0.2, 0) is 0 Å². The zero-order valence-electron chi connectivity index (χ0n) is 8.73. The van der Waals surface area contributed by atoms with E-state index in [-0.39, 0.29) is 0 Å². The maximum atomic E-state index is 3.56. The lowest BCUT2D eigenvalue weighted by atomic mass is 9.85. The van der Waals surface area contributed by atoms with Gasteiger partial charge in [-0.3, -0.25) is 0 Å². The van der Waals surface area contributed by atoms with Crippen molar-refractivity contribution in [2.75, 3.05) is 13.1 Å². The van der Waals surface area contributed by atoms with Gasteiger partial charge in [-0.25, -0.2) is 0 Å². The third-order valence-electron chi connectivity index (χ3n) is 3.88. The van der Waals surface area contributed by atoms with Gasteiger partial charge in [0, 0.05) is 0 Å². The topological polar surface area (TPSA) is 12.0 Å². The molecular formula is C12H23N. The summed E-state index contributed by atoms with van der Waals surface area (Å²) in [4.78, 5) is 0. The Balaban J connectivity index is 1.82. The third-order valence-corrected chi connectivity index (χ3v) is 3.88. The maximum Gasteiger partial charge on any atom is -0.00173 e. The zero-order valence-corrected chi connectivity index (χ0v) is 8.73. The minimum Gasteiger partial charge on any atom is -0.316 e. The molecule has 0 aromatic rings. The van der Waals surface area contributed by atoms with E-state index >= 15 is 0 Å². The van der Waals surface area contributed by atoms with E-state index in [0.29, 0.717) is 0 Å². The van der Waals surface area contributed by atoms with Gasteiger partial charge < -0.3 is 5.32 Å². The lowest BCUT2D eigenvalue weighted by Crippen LogP contribution is -2.13. The quantitative estimate of drug-likeness (QED) is 0.606. The Hall–Kier alpha value is -0.0400. The van der Waals surface area contributed by atoms with Crippen LogP contribution in [0.4, 0.5) is 0 Å². The minimum atomic E-state index is 1.03. The molecule has 13 heavy (non-hydrogen) atoms. The molecule has 2 aliphatic rings. The second kappa shape index (κ2) is 4.99. The molecule has 1 saturated heterocycles. The second-order valence-electron chi connectivity index (χ2n) is 4.88. The predicted molar refractivity (Wildman–Crippen MR) is 56.8 cm³/mol. The first kappa shape index (κ1) is 9.51. The molecule has 1 heteroatoms. The van der Waals surface area contributed by atoms with Gasteiger partial charge in [-0.05, 0) is 37.8 Å². The lowest BCUT2D eigenvalue weighted by molar-refractivity contribution is 0.335. The SMILES string of the molecule is C1CCCCC2CNCC2CCC1. The molecule has 2 fully saturated rings. The Morgan fingerprint density at radius 1 is 0.615 bits per heavy atom. The molecule has 2 unspecified atom stereocenters. The van der Waals surface area contributed by atoms with Gasteiger partial charge in [0.15, 0.2) is 0 Å². The minimum absolute atomic E-state index is 1.03. The molecule has 76 valence electrons. The summed E-state index contributed by atoms with van der Waals surface area (Å²) in [6.07, 6.45) is 11.9. The monoisotopic (exact) mass is 181 g/mol. The van der Waals surface area contributed by atoms with Gasteiger partial charge in [0.25, 0.3) is 0 Å². The molecule has 1 heterocycles. The average Bonchev–Trinajstić information content (AvgIpc) is 2.59. The number of hydrogen-bond acceptors (Lipinski definition) is 1. The van der Waals surface area contributed by atoms with Crippen LogP contribution in [0.25, 0.3) is 0 Å². The molecule has 0 aromatic carbocycles. The summed E-state index contributed by atoms with van der Waals surface area (Å²) < 4.78 is 0. The maximum absolute atomic E-state index is 3.56. The van der Waals surface area contributed by atoms with Gasteiger partial charge in [-0.2, -0.15) is 0 Å². The van der Waals surface area contributed by atoms with Crippen LogP contribution in [-0.4, -0.2) is 13.1 Å². The molecule has 0 bridgehead atoms. The van der Waals surface area contributed by atoms with E-state index in [2.05, 4.69) is 5.32 Å². The fourth-order valence-electron chi connectivity index (χ4n) is 2.98. The van der Waals surface area contributed by atoms with E-state index < -0.39 is 0 Å². The van der Waals surface area contributed by atoms with Crippen LogP contribution in [0.15, 0.2) is 0 Å². The van der Waals surface area contributed by atoms with Gasteiger partial charge in [0.05, 0.1) is 0 Å². The van der Waals surface area contributed by atoms with Crippen molar-refractivity contribution < 1.29 is 0 Å². The number of nitrogens with one attached hydrogen (secondary N) is 1. The second-order valence-corrected chi connectivity index (χ2v) is 4.88. The first-order chi connectivity index (χ1) is 6.47.